The second-order valence-electron chi connectivity index (χ2n) is 4.88. The fourth-order valence-corrected chi connectivity index (χ4v) is 3.19. The Hall–Kier alpha value is -2.38. The lowest BCUT2D eigenvalue weighted by Gasteiger charge is -2.12. The van der Waals surface area contributed by atoms with Gasteiger partial charge in [-0.1, -0.05) is 23.7 Å². The normalized spacial score (nSPS) is 11.4. The van der Waals surface area contributed by atoms with Crippen LogP contribution in [0.1, 0.15) is 5.56 Å². The first-order valence-corrected chi connectivity index (χ1v) is 9.08. The molecule has 0 saturated heterocycles. The van der Waals surface area contributed by atoms with Crippen LogP contribution >= 0.6 is 11.6 Å². The molecule has 2 rings (SSSR count). The summed E-state index contributed by atoms with van der Waals surface area (Å²) >= 11 is 5.97. The van der Waals surface area contributed by atoms with Crippen molar-refractivity contribution >= 4 is 33.4 Å². The summed E-state index contributed by atoms with van der Waals surface area (Å²) in [6.07, 6.45) is 1.39. The van der Waals surface area contributed by atoms with Crippen LogP contribution < -0.4 is 18.9 Å². The maximum Gasteiger partial charge on any atom is 0.255 e. The molecule has 0 aromatic heterocycles. The first-order chi connectivity index (χ1) is 11.9. The number of anilines is 1. The Kier molecular flexibility index (Phi) is 6.17. The van der Waals surface area contributed by atoms with Crippen LogP contribution in [-0.2, 0) is 10.0 Å². The largest absolute Gasteiger partial charge is 0.496 e. The van der Waals surface area contributed by atoms with E-state index >= 15 is 0 Å². The summed E-state index contributed by atoms with van der Waals surface area (Å²) in [6.45, 7) is 0. The molecule has 2 aromatic carbocycles. The third-order valence-corrected chi connectivity index (χ3v) is 4.62. The van der Waals surface area contributed by atoms with Gasteiger partial charge in [-0.25, -0.2) is 8.42 Å². The molecule has 0 saturated carbocycles. The molecule has 25 heavy (non-hydrogen) atoms. The molecule has 0 fully saturated rings. The lowest BCUT2D eigenvalue weighted by Crippen LogP contribution is -2.09. The van der Waals surface area contributed by atoms with Gasteiger partial charge in [-0.15, -0.1) is 0 Å². The number of methoxy groups -OCH3 is 3. The molecule has 1 N–H and O–H groups in total. The van der Waals surface area contributed by atoms with Gasteiger partial charge in [0.05, 0.1) is 43.0 Å². The van der Waals surface area contributed by atoms with E-state index in [9.17, 15) is 8.42 Å². The standard InChI is InChI=1S/C17H18ClNO5S/c1-22-12-10-16(23-2)13(17(11-12)24-3)8-9-25(20,21)19-15-7-5-4-6-14(15)18/h4-11,19H,1-3H3/b9-8+. The molecule has 0 radical (unpaired) electrons. The van der Waals surface area contributed by atoms with Gasteiger partial charge >= 0.3 is 0 Å². The van der Waals surface area contributed by atoms with Gasteiger partial charge in [0.1, 0.15) is 17.2 Å². The predicted molar refractivity (Wildman–Crippen MR) is 99.1 cm³/mol. The monoisotopic (exact) mass is 383 g/mol. The lowest BCUT2D eigenvalue weighted by atomic mass is 10.1. The van der Waals surface area contributed by atoms with Crippen molar-refractivity contribution in [3.05, 3.63) is 52.4 Å². The Bertz CT molecular complexity index is 855. The quantitative estimate of drug-likeness (QED) is 0.787. The van der Waals surface area contributed by atoms with Crippen LogP contribution in [-0.4, -0.2) is 29.7 Å². The van der Waals surface area contributed by atoms with E-state index in [0.29, 0.717) is 33.5 Å². The summed E-state index contributed by atoms with van der Waals surface area (Å²) in [5.74, 6) is 1.36. The van der Waals surface area contributed by atoms with E-state index in [0.717, 1.165) is 5.41 Å². The minimum atomic E-state index is -3.78. The molecule has 8 heteroatoms. The van der Waals surface area contributed by atoms with E-state index in [4.69, 9.17) is 25.8 Å². The summed E-state index contributed by atoms with van der Waals surface area (Å²) in [4.78, 5) is 0. The molecule has 0 bridgehead atoms. The van der Waals surface area contributed by atoms with Crippen molar-refractivity contribution in [1.29, 1.82) is 0 Å². The summed E-state index contributed by atoms with van der Waals surface area (Å²) in [5.41, 5.74) is 0.762. The number of hydrogen-bond acceptors (Lipinski definition) is 5. The number of benzene rings is 2. The Labute approximate surface area is 152 Å². The van der Waals surface area contributed by atoms with Gasteiger partial charge in [-0.3, -0.25) is 4.72 Å². The van der Waals surface area contributed by atoms with Crippen LogP contribution in [0.2, 0.25) is 5.02 Å². The molecule has 0 aliphatic heterocycles. The number of sulfonamides is 1. The maximum atomic E-state index is 12.3. The zero-order valence-electron chi connectivity index (χ0n) is 13.9. The fourth-order valence-electron chi connectivity index (χ4n) is 2.09. The highest BCUT2D eigenvalue weighted by Gasteiger charge is 2.13. The van der Waals surface area contributed by atoms with E-state index in [1.807, 2.05) is 0 Å². The summed E-state index contributed by atoms with van der Waals surface area (Å²) in [7, 11) is 0.686. The van der Waals surface area contributed by atoms with Crippen molar-refractivity contribution in [1.82, 2.24) is 0 Å². The van der Waals surface area contributed by atoms with Crippen LogP contribution in [0.4, 0.5) is 5.69 Å². The molecule has 134 valence electrons. The van der Waals surface area contributed by atoms with Crippen molar-refractivity contribution in [2.75, 3.05) is 26.1 Å². The Morgan fingerprint density at radius 1 is 1.00 bits per heavy atom. The third kappa shape index (κ3) is 4.80. The van der Waals surface area contributed by atoms with E-state index < -0.39 is 10.0 Å². The predicted octanol–water partition coefficient (Wildman–Crippen LogP) is 3.78. The second kappa shape index (κ2) is 8.13. The lowest BCUT2D eigenvalue weighted by molar-refractivity contribution is 0.374. The molecule has 2 aromatic rings. The molecule has 0 unspecified atom stereocenters. The number of rotatable bonds is 7. The van der Waals surface area contributed by atoms with Gasteiger partial charge in [0.15, 0.2) is 0 Å². The minimum absolute atomic E-state index is 0.294. The number of para-hydroxylation sites is 1. The van der Waals surface area contributed by atoms with Crippen molar-refractivity contribution in [2.45, 2.75) is 0 Å². The minimum Gasteiger partial charge on any atom is -0.496 e. The SMILES string of the molecule is COc1cc(OC)c(/C=C/S(=O)(=O)Nc2ccccc2Cl)c(OC)c1. The summed E-state index contributed by atoms with van der Waals surface area (Å²) < 4.78 is 42.7. The molecule has 0 spiro atoms. The van der Waals surface area contributed by atoms with Gasteiger partial charge in [0.25, 0.3) is 10.0 Å². The molecular formula is C17H18ClNO5S. The number of nitrogens with one attached hydrogen (secondary N) is 1. The number of ether oxygens (including phenoxy) is 3. The van der Waals surface area contributed by atoms with E-state index in [1.165, 1.54) is 27.4 Å². The zero-order valence-corrected chi connectivity index (χ0v) is 15.5. The molecule has 0 amide bonds. The van der Waals surface area contributed by atoms with Crippen molar-refractivity contribution in [3.8, 4) is 17.2 Å². The molecule has 0 heterocycles. The Balaban J connectivity index is 2.36. The summed E-state index contributed by atoms with van der Waals surface area (Å²) in [6, 6.07) is 9.83. The van der Waals surface area contributed by atoms with Crippen LogP contribution in [0.15, 0.2) is 41.8 Å². The average molecular weight is 384 g/mol. The number of hydrogen-bond donors (Lipinski definition) is 1. The molecule has 0 aliphatic rings. The Morgan fingerprint density at radius 2 is 1.60 bits per heavy atom. The number of halogens is 1. The van der Waals surface area contributed by atoms with E-state index in [2.05, 4.69) is 4.72 Å². The highest BCUT2D eigenvalue weighted by Crippen LogP contribution is 2.35. The Morgan fingerprint density at radius 3 is 2.12 bits per heavy atom. The van der Waals surface area contributed by atoms with Gasteiger partial charge in [-0.05, 0) is 18.2 Å². The van der Waals surface area contributed by atoms with Gasteiger partial charge < -0.3 is 14.2 Å². The van der Waals surface area contributed by atoms with Crippen LogP contribution in [0.25, 0.3) is 6.08 Å². The topological polar surface area (TPSA) is 73.9 Å². The average Bonchev–Trinajstić information content (AvgIpc) is 2.61. The zero-order chi connectivity index (χ0) is 18.4. The molecule has 0 aliphatic carbocycles. The van der Waals surface area contributed by atoms with Crippen molar-refractivity contribution in [2.24, 2.45) is 0 Å². The van der Waals surface area contributed by atoms with Crippen molar-refractivity contribution < 1.29 is 22.6 Å². The second-order valence-corrected chi connectivity index (χ2v) is 6.85. The maximum absolute atomic E-state index is 12.3. The molecular weight excluding hydrogens is 366 g/mol. The van der Waals surface area contributed by atoms with Crippen LogP contribution in [0.5, 0.6) is 17.2 Å². The van der Waals surface area contributed by atoms with Crippen LogP contribution in [0, 0.1) is 0 Å². The summed E-state index contributed by atoms with van der Waals surface area (Å²) in [5, 5.41) is 1.32. The van der Waals surface area contributed by atoms with Gasteiger partial charge in [0.2, 0.25) is 0 Å². The third-order valence-electron chi connectivity index (χ3n) is 3.29. The highest BCUT2D eigenvalue weighted by molar-refractivity contribution is 7.95. The van der Waals surface area contributed by atoms with Gasteiger partial charge in [0, 0.05) is 12.1 Å². The highest BCUT2D eigenvalue weighted by atomic mass is 35.5. The van der Waals surface area contributed by atoms with E-state index in [1.54, 1.807) is 36.4 Å². The first kappa shape index (κ1) is 19.0. The van der Waals surface area contributed by atoms with Crippen LogP contribution in [0.3, 0.4) is 0 Å². The van der Waals surface area contributed by atoms with Gasteiger partial charge in [-0.2, -0.15) is 0 Å². The molecule has 0 atom stereocenters. The molecule has 6 nitrogen and oxygen atoms in total. The smallest absolute Gasteiger partial charge is 0.255 e. The van der Waals surface area contributed by atoms with Crippen molar-refractivity contribution in [3.63, 3.8) is 0 Å². The first-order valence-electron chi connectivity index (χ1n) is 7.15. The van der Waals surface area contributed by atoms with E-state index in [-0.39, 0.29) is 0 Å². The fraction of sp³-hybridized carbons (Fsp3) is 0.176.